The summed E-state index contributed by atoms with van der Waals surface area (Å²) in [6.07, 6.45) is 0. The normalized spacial score (nSPS) is 10.2. The molecular weight excluding hydrogens is 278 g/mol. The molecule has 4 nitrogen and oxygen atoms in total. The Labute approximate surface area is 122 Å². The molecule has 2 rings (SSSR count). The second-order valence-electron chi connectivity index (χ2n) is 4.16. The van der Waals surface area contributed by atoms with Gasteiger partial charge in [0.15, 0.2) is 0 Å². The van der Waals surface area contributed by atoms with E-state index < -0.39 is 0 Å². The molecular formula is C15H16ClNO3. The molecule has 0 unspecified atom stereocenters. The summed E-state index contributed by atoms with van der Waals surface area (Å²) in [7, 11) is 3.20. The number of halogens is 1. The van der Waals surface area contributed by atoms with Gasteiger partial charge in [0.2, 0.25) is 0 Å². The van der Waals surface area contributed by atoms with Gasteiger partial charge in [0.1, 0.15) is 17.2 Å². The molecule has 0 aliphatic rings. The average Bonchev–Trinajstić information content (AvgIpc) is 2.46. The molecule has 0 aliphatic heterocycles. The van der Waals surface area contributed by atoms with Crippen molar-refractivity contribution in [3.8, 4) is 17.2 Å². The minimum atomic E-state index is 0.159. The van der Waals surface area contributed by atoms with Gasteiger partial charge in [0.25, 0.3) is 0 Å². The third kappa shape index (κ3) is 3.08. The maximum absolute atomic E-state index is 9.82. The van der Waals surface area contributed by atoms with Gasteiger partial charge in [0.05, 0.1) is 19.9 Å². The molecule has 0 amide bonds. The number of methoxy groups -OCH3 is 2. The number of aromatic hydroxyl groups is 1. The van der Waals surface area contributed by atoms with E-state index in [2.05, 4.69) is 5.32 Å². The molecule has 2 N–H and O–H groups in total. The molecule has 0 aromatic heterocycles. The van der Waals surface area contributed by atoms with Crippen LogP contribution in [0.2, 0.25) is 5.02 Å². The van der Waals surface area contributed by atoms with E-state index in [1.54, 1.807) is 32.4 Å². The van der Waals surface area contributed by atoms with Crippen LogP contribution in [0.5, 0.6) is 17.2 Å². The second-order valence-corrected chi connectivity index (χ2v) is 4.56. The van der Waals surface area contributed by atoms with Gasteiger partial charge < -0.3 is 19.9 Å². The van der Waals surface area contributed by atoms with Gasteiger partial charge in [-0.25, -0.2) is 0 Å². The van der Waals surface area contributed by atoms with E-state index in [0.717, 1.165) is 11.4 Å². The number of phenolic OH excluding ortho intramolecular Hbond substituents is 1. The summed E-state index contributed by atoms with van der Waals surface area (Å²) in [5, 5.41) is 13.5. The molecule has 20 heavy (non-hydrogen) atoms. The van der Waals surface area contributed by atoms with E-state index in [0.29, 0.717) is 22.9 Å². The summed E-state index contributed by atoms with van der Waals surface area (Å²) in [6.45, 7) is 0.384. The van der Waals surface area contributed by atoms with E-state index in [-0.39, 0.29) is 5.75 Å². The molecule has 5 heteroatoms. The number of ether oxygens (including phenoxy) is 2. The molecule has 0 radical (unpaired) electrons. The van der Waals surface area contributed by atoms with Crippen LogP contribution in [0.4, 0.5) is 5.69 Å². The van der Waals surface area contributed by atoms with Crippen LogP contribution in [0.3, 0.4) is 0 Å². The minimum Gasteiger partial charge on any atom is -0.508 e. The Hall–Kier alpha value is -2.07. The highest BCUT2D eigenvalue weighted by Gasteiger charge is 2.09. The Morgan fingerprint density at radius 2 is 1.95 bits per heavy atom. The number of anilines is 1. The van der Waals surface area contributed by atoms with Crippen molar-refractivity contribution in [3.05, 3.63) is 47.0 Å². The van der Waals surface area contributed by atoms with Crippen molar-refractivity contribution in [1.82, 2.24) is 0 Å². The standard InChI is InChI=1S/C15H16ClNO3/c1-19-10-6-7-15(20-2)13(8-10)17-9-11-12(16)4-3-5-14(11)18/h3-8,17-18H,9H2,1-2H3. The van der Waals surface area contributed by atoms with Crippen molar-refractivity contribution in [2.75, 3.05) is 19.5 Å². The molecule has 2 aromatic carbocycles. The van der Waals surface area contributed by atoms with Crippen molar-refractivity contribution in [3.63, 3.8) is 0 Å². The molecule has 0 bridgehead atoms. The zero-order chi connectivity index (χ0) is 14.5. The fraction of sp³-hybridized carbons (Fsp3) is 0.200. The van der Waals surface area contributed by atoms with Gasteiger partial charge >= 0.3 is 0 Å². The molecule has 106 valence electrons. The first kappa shape index (κ1) is 14.3. The first-order valence-electron chi connectivity index (χ1n) is 6.08. The summed E-state index contributed by atoms with van der Waals surface area (Å²) < 4.78 is 10.5. The first-order chi connectivity index (χ1) is 9.65. The number of benzene rings is 2. The third-order valence-corrected chi connectivity index (χ3v) is 3.31. The topological polar surface area (TPSA) is 50.7 Å². The van der Waals surface area contributed by atoms with E-state index in [1.807, 2.05) is 18.2 Å². The van der Waals surface area contributed by atoms with E-state index in [4.69, 9.17) is 21.1 Å². The van der Waals surface area contributed by atoms with Crippen LogP contribution >= 0.6 is 11.6 Å². The lowest BCUT2D eigenvalue weighted by atomic mass is 10.2. The second kappa shape index (κ2) is 6.39. The molecule has 0 fully saturated rings. The Kier molecular flexibility index (Phi) is 4.58. The molecule has 0 spiro atoms. The Morgan fingerprint density at radius 3 is 2.60 bits per heavy atom. The van der Waals surface area contributed by atoms with Gasteiger partial charge in [0, 0.05) is 23.2 Å². The fourth-order valence-electron chi connectivity index (χ4n) is 1.86. The summed E-state index contributed by atoms with van der Waals surface area (Å²) in [4.78, 5) is 0. The number of nitrogens with one attached hydrogen (secondary N) is 1. The van der Waals surface area contributed by atoms with Crippen molar-refractivity contribution < 1.29 is 14.6 Å². The highest BCUT2D eigenvalue weighted by Crippen LogP contribution is 2.31. The van der Waals surface area contributed by atoms with Gasteiger partial charge in [-0.15, -0.1) is 0 Å². The number of hydrogen-bond donors (Lipinski definition) is 2. The van der Waals surface area contributed by atoms with Gasteiger partial charge in [-0.1, -0.05) is 17.7 Å². The lowest BCUT2D eigenvalue weighted by Gasteiger charge is -2.14. The van der Waals surface area contributed by atoms with Crippen molar-refractivity contribution in [2.45, 2.75) is 6.54 Å². The molecule has 2 aromatic rings. The lowest BCUT2D eigenvalue weighted by Crippen LogP contribution is -2.02. The monoisotopic (exact) mass is 293 g/mol. The van der Waals surface area contributed by atoms with Crippen molar-refractivity contribution in [2.24, 2.45) is 0 Å². The van der Waals surface area contributed by atoms with Crippen LogP contribution in [0.25, 0.3) is 0 Å². The predicted octanol–water partition coefficient (Wildman–Crippen LogP) is 3.67. The highest BCUT2D eigenvalue weighted by molar-refractivity contribution is 6.31. The Bertz CT molecular complexity index is 581. The van der Waals surface area contributed by atoms with Gasteiger partial charge in [-0.3, -0.25) is 0 Å². The zero-order valence-corrected chi connectivity index (χ0v) is 12.1. The number of phenols is 1. The smallest absolute Gasteiger partial charge is 0.142 e. The minimum absolute atomic E-state index is 0.159. The van der Waals surface area contributed by atoms with Crippen LogP contribution in [0, 0.1) is 0 Å². The van der Waals surface area contributed by atoms with E-state index in [9.17, 15) is 5.11 Å². The lowest BCUT2D eigenvalue weighted by molar-refractivity contribution is 0.404. The highest BCUT2D eigenvalue weighted by atomic mass is 35.5. The van der Waals surface area contributed by atoms with Gasteiger partial charge in [-0.2, -0.15) is 0 Å². The maximum Gasteiger partial charge on any atom is 0.142 e. The third-order valence-electron chi connectivity index (χ3n) is 2.96. The predicted molar refractivity (Wildman–Crippen MR) is 80.0 cm³/mol. The average molecular weight is 294 g/mol. The first-order valence-corrected chi connectivity index (χ1v) is 6.45. The number of hydrogen-bond acceptors (Lipinski definition) is 4. The largest absolute Gasteiger partial charge is 0.508 e. The maximum atomic E-state index is 9.82. The molecule has 0 heterocycles. The Balaban J connectivity index is 2.22. The Morgan fingerprint density at radius 1 is 1.15 bits per heavy atom. The zero-order valence-electron chi connectivity index (χ0n) is 11.3. The van der Waals surface area contributed by atoms with Crippen molar-refractivity contribution in [1.29, 1.82) is 0 Å². The summed E-state index contributed by atoms with van der Waals surface area (Å²) in [5.41, 5.74) is 1.41. The molecule has 0 saturated heterocycles. The van der Waals surface area contributed by atoms with Crippen LogP contribution in [-0.4, -0.2) is 19.3 Å². The van der Waals surface area contributed by atoms with E-state index in [1.165, 1.54) is 0 Å². The summed E-state index contributed by atoms with van der Waals surface area (Å²) >= 11 is 6.07. The van der Waals surface area contributed by atoms with Gasteiger partial charge in [-0.05, 0) is 24.3 Å². The van der Waals surface area contributed by atoms with Crippen LogP contribution < -0.4 is 14.8 Å². The molecule has 0 aliphatic carbocycles. The fourth-order valence-corrected chi connectivity index (χ4v) is 2.09. The molecule has 0 saturated carbocycles. The quantitative estimate of drug-likeness (QED) is 0.883. The SMILES string of the molecule is COc1ccc(OC)c(NCc2c(O)cccc2Cl)c1. The van der Waals surface area contributed by atoms with Crippen LogP contribution in [0.1, 0.15) is 5.56 Å². The van der Waals surface area contributed by atoms with Crippen LogP contribution in [-0.2, 0) is 6.54 Å². The number of rotatable bonds is 5. The summed E-state index contributed by atoms with van der Waals surface area (Å²) in [5.74, 6) is 1.57. The molecule has 0 atom stereocenters. The van der Waals surface area contributed by atoms with E-state index >= 15 is 0 Å². The van der Waals surface area contributed by atoms with Crippen LogP contribution in [0.15, 0.2) is 36.4 Å². The summed E-state index contributed by atoms with van der Waals surface area (Å²) in [6, 6.07) is 10.5. The van der Waals surface area contributed by atoms with Crippen molar-refractivity contribution >= 4 is 17.3 Å².